The van der Waals surface area contributed by atoms with Gasteiger partial charge in [-0.15, -0.1) is 0 Å². The van der Waals surface area contributed by atoms with E-state index in [1.54, 1.807) is 12.0 Å². The predicted molar refractivity (Wildman–Crippen MR) is 140 cm³/mol. The number of nitrogens with zero attached hydrogens (tertiary/aromatic N) is 2. The Morgan fingerprint density at radius 3 is 2.65 bits per heavy atom. The van der Waals surface area contributed by atoms with E-state index in [0.717, 1.165) is 29.8 Å². The number of likely N-dealkylation sites (N-methyl/N-ethyl adjacent to an activating group) is 1. The highest BCUT2D eigenvalue weighted by molar-refractivity contribution is 5.71. The van der Waals surface area contributed by atoms with Crippen molar-refractivity contribution >= 4 is 6.09 Å². The number of methoxy groups -OCH3 is 1. The Morgan fingerprint density at radius 1 is 1.19 bits per heavy atom. The molecular formula is C30H38N2O5. The van der Waals surface area contributed by atoms with Crippen LogP contribution in [0, 0.1) is 0 Å². The van der Waals surface area contributed by atoms with Crippen molar-refractivity contribution in [3.8, 4) is 11.5 Å². The van der Waals surface area contributed by atoms with Gasteiger partial charge in [0.25, 0.3) is 0 Å². The summed E-state index contributed by atoms with van der Waals surface area (Å²) in [7, 11) is 3.82. The summed E-state index contributed by atoms with van der Waals surface area (Å²) in [5.41, 5.74) is 1.16. The van der Waals surface area contributed by atoms with Gasteiger partial charge in [0.1, 0.15) is 11.7 Å². The fraction of sp³-hybridized carbons (Fsp3) is 0.567. The Balaban J connectivity index is 1.43. The highest BCUT2D eigenvalue weighted by Crippen LogP contribution is 2.66. The molecule has 5 atom stereocenters. The molecule has 0 radical (unpaired) electrons. The van der Waals surface area contributed by atoms with Gasteiger partial charge in [0.2, 0.25) is 0 Å². The molecule has 1 amide bonds. The maximum absolute atomic E-state index is 13.3. The Bertz CT molecular complexity index is 1210. The maximum Gasteiger partial charge on any atom is 0.410 e. The topological polar surface area (TPSA) is 71.5 Å². The van der Waals surface area contributed by atoms with E-state index in [1.165, 1.54) is 5.56 Å². The van der Waals surface area contributed by atoms with E-state index in [2.05, 4.69) is 42.3 Å². The second-order valence-corrected chi connectivity index (χ2v) is 12.2. The van der Waals surface area contributed by atoms with Crippen molar-refractivity contribution in [2.24, 2.45) is 0 Å². The molecule has 2 aliphatic carbocycles. The SMILES string of the molecule is COc1ccc2c3c1O[C@H]1[C@H](N(C)Cc4ccccc4)CC[C@@]4(O)C(C2)N(C(=O)OC(C)(C)C)CC[C@]314. The first-order valence-electron chi connectivity index (χ1n) is 13.4. The molecule has 1 saturated carbocycles. The van der Waals surface area contributed by atoms with Gasteiger partial charge < -0.3 is 24.2 Å². The summed E-state index contributed by atoms with van der Waals surface area (Å²) in [6.07, 6.45) is 1.97. The summed E-state index contributed by atoms with van der Waals surface area (Å²) < 4.78 is 18.4. The molecular weight excluding hydrogens is 468 g/mol. The molecule has 1 saturated heterocycles. The molecule has 0 aromatic heterocycles. The van der Waals surface area contributed by atoms with E-state index in [-0.39, 0.29) is 24.3 Å². The van der Waals surface area contributed by atoms with Gasteiger partial charge in [-0.25, -0.2) is 4.79 Å². The molecule has 7 nitrogen and oxygen atoms in total. The lowest BCUT2D eigenvalue weighted by Crippen LogP contribution is -2.78. The van der Waals surface area contributed by atoms with E-state index in [0.29, 0.717) is 31.6 Å². The van der Waals surface area contributed by atoms with E-state index in [9.17, 15) is 9.90 Å². The van der Waals surface area contributed by atoms with Crippen LogP contribution in [0.5, 0.6) is 11.5 Å². The number of hydrogen-bond donors (Lipinski definition) is 1. The maximum atomic E-state index is 13.3. The smallest absolute Gasteiger partial charge is 0.410 e. The van der Waals surface area contributed by atoms with Gasteiger partial charge in [-0.2, -0.15) is 0 Å². The molecule has 37 heavy (non-hydrogen) atoms. The van der Waals surface area contributed by atoms with E-state index >= 15 is 0 Å². The number of piperidine rings is 1. The lowest BCUT2D eigenvalue weighted by atomic mass is 9.48. The molecule has 1 N–H and O–H groups in total. The number of likely N-dealkylation sites (tertiary alicyclic amines) is 1. The minimum atomic E-state index is -1.11. The van der Waals surface area contributed by atoms with Crippen molar-refractivity contribution in [1.82, 2.24) is 9.80 Å². The lowest BCUT2D eigenvalue weighted by molar-refractivity contribution is -0.195. The van der Waals surface area contributed by atoms with Gasteiger partial charge in [-0.05, 0) is 70.7 Å². The van der Waals surface area contributed by atoms with Crippen molar-refractivity contribution in [2.45, 2.75) is 87.8 Å². The number of carbonyl (C=O) groups excluding carboxylic acids is 1. The Morgan fingerprint density at radius 2 is 1.95 bits per heavy atom. The lowest BCUT2D eigenvalue weighted by Gasteiger charge is -2.64. The largest absolute Gasteiger partial charge is 0.493 e. The van der Waals surface area contributed by atoms with Crippen LogP contribution in [-0.2, 0) is 23.1 Å². The standard InChI is InChI=1S/C30H38N2O5/c1-28(2,3)37-27(33)32-16-15-29-24-20-11-12-22(35-5)25(24)36-26(29)21(13-14-30(29,34)23(32)17-20)31(4)18-19-9-7-6-8-10-19/h6-12,21,23,26,34H,13-18H2,1-5H3/t21-,23?,26+,29+,30-/m1/s1. The van der Waals surface area contributed by atoms with Gasteiger partial charge >= 0.3 is 6.09 Å². The van der Waals surface area contributed by atoms with Gasteiger partial charge in [0.05, 0.1) is 24.2 Å². The van der Waals surface area contributed by atoms with Crippen LogP contribution in [0.1, 0.15) is 56.7 Å². The van der Waals surface area contributed by atoms with Gasteiger partial charge in [0.15, 0.2) is 11.5 Å². The fourth-order valence-electron chi connectivity index (χ4n) is 7.65. The molecule has 4 aliphatic rings. The van der Waals surface area contributed by atoms with Gasteiger partial charge in [0, 0.05) is 24.7 Å². The van der Waals surface area contributed by atoms with Crippen LogP contribution < -0.4 is 9.47 Å². The summed E-state index contributed by atoms with van der Waals surface area (Å²) in [4.78, 5) is 17.5. The summed E-state index contributed by atoms with van der Waals surface area (Å²) >= 11 is 0. The molecule has 6 rings (SSSR count). The number of benzene rings is 2. The Labute approximate surface area is 219 Å². The van der Waals surface area contributed by atoms with E-state index < -0.39 is 16.6 Å². The molecule has 2 aromatic carbocycles. The molecule has 2 aromatic rings. The van der Waals surface area contributed by atoms with Crippen LogP contribution in [0.3, 0.4) is 0 Å². The first-order valence-corrected chi connectivity index (χ1v) is 13.4. The number of rotatable bonds is 4. The highest BCUT2D eigenvalue weighted by Gasteiger charge is 2.74. The average Bonchev–Trinajstić information content (AvgIpc) is 3.18. The third kappa shape index (κ3) is 3.50. The van der Waals surface area contributed by atoms with Crippen molar-refractivity contribution < 1.29 is 24.1 Å². The predicted octanol–water partition coefficient (Wildman–Crippen LogP) is 4.29. The van der Waals surface area contributed by atoms with E-state index in [4.69, 9.17) is 14.2 Å². The van der Waals surface area contributed by atoms with Crippen LogP contribution in [0.25, 0.3) is 0 Å². The third-order valence-electron chi connectivity index (χ3n) is 9.10. The molecule has 2 heterocycles. The van der Waals surface area contributed by atoms with Gasteiger partial charge in [-0.1, -0.05) is 36.4 Å². The van der Waals surface area contributed by atoms with Gasteiger partial charge in [-0.3, -0.25) is 4.90 Å². The Kier molecular flexibility index (Phi) is 5.55. The molecule has 1 spiro atoms. The second kappa shape index (κ2) is 8.37. The summed E-state index contributed by atoms with van der Waals surface area (Å²) in [5, 5.41) is 12.7. The Hall–Kier alpha value is -2.77. The fourth-order valence-corrected chi connectivity index (χ4v) is 7.65. The minimum absolute atomic E-state index is 0.109. The second-order valence-electron chi connectivity index (χ2n) is 12.2. The molecule has 2 aliphatic heterocycles. The van der Waals surface area contributed by atoms with Crippen LogP contribution in [0.4, 0.5) is 4.79 Å². The number of hydrogen-bond acceptors (Lipinski definition) is 6. The van der Waals surface area contributed by atoms with Crippen LogP contribution in [0.15, 0.2) is 42.5 Å². The monoisotopic (exact) mass is 506 g/mol. The minimum Gasteiger partial charge on any atom is -0.493 e. The van der Waals surface area contributed by atoms with Crippen molar-refractivity contribution in [1.29, 1.82) is 0 Å². The van der Waals surface area contributed by atoms with Crippen LogP contribution in [-0.4, -0.2) is 71.1 Å². The van der Waals surface area contributed by atoms with Crippen molar-refractivity contribution in [3.05, 3.63) is 59.2 Å². The molecule has 7 heteroatoms. The van der Waals surface area contributed by atoms with Crippen LogP contribution >= 0.6 is 0 Å². The van der Waals surface area contributed by atoms with Crippen LogP contribution in [0.2, 0.25) is 0 Å². The van der Waals surface area contributed by atoms with Crippen molar-refractivity contribution in [2.75, 3.05) is 20.7 Å². The zero-order valence-electron chi connectivity index (χ0n) is 22.5. The highest BCUT2D eigenvalue weighted by atomic mass is 16.6. The summed E-state index contributed by atoms with van der Waals surface area (Å²) in [5.74, 6) is 1.48. The molecule has 198 valence electrons. The molecule has 2 bridgehead atoms. The zero-order valence-corrected chi connectivity index (χ0v) is 22.5. The average molecular weight is 507 g/mol. The normalized spacial score (nSPS) is 31.5. The number of amides is 1. The molecule has 1 unspecified atom stereocenters. The first-order chi connectivity index (χ1) is 17.6. The number of ether oxygens (including phenoxy) is 3. The third-order valence-corrected chi connectivity index (χ3v) is 9.10. The van der Waals surface area contributed by atoms with Crippen molar-refractivity contribution in [3.63, 3.8) is 0 Å². The zero-order chi connectivity index (χ0) is 26.2. The summed E-state index contributed by atoms with van der Waals surface area (Å²) in [6, 6.07) is 14.3. The molecule has 2 fully saturated rings. The number of aliphatic hydroxyl groups is 1. The summed E-state index contributed by atoms with van der Waals surface area (Å²) in [6.45, 7) is 6.97. The quantitative estimate of drug-likeness (QED) is 0.667. The first kappa shape index (κ1) is 24.6. The number of carbonyl (C=O) groups is 1. The van der Waals surface area contributed by atoms with E-state index in [1.807, 2.05) is 32.9 Å².